The fourth-order valence-electron chi connectivity index (χ4n) is 5.58. The summed E-state index contributed by atoms with van der Waals surface area (Å²) in [4.78, 5) is 19.0. The summed E-state index contributed by atoms with van der Waals surface area (Å²) in [6.07, 6.45) is 0.372. The molecule has 2 atom stereocenters. The van der Waals surface area contributed by atoms with Gasteiger partial charge in [0.05, 0.1) is 32.5 Å². The summed E-state index contributed by atoms with van der Waals surface area (Å²) < 4.78 is 35.6. The summed E-state index contributed by atoms with van der Waals surface area (Å²) in [6.45, 7) is 6.02. The molecule has 1 fully saturated rings. The Bertz CT molecular complexity index is 1740. The van der Waals surface area contributed by atoms with E-state index in [1.165, 1.54) is 4.90 Å². The Balaban J connectivity index is 1.25. The lowest BCUT2D eigenvalue weighted by Gasteiger charge is -2.47. The molecule has 4 heterocycles. The molecule has 11 heteroatoms. The Labute approximate surface area is 246 Å². The second-order valence-electron chi connectivity index (χ2n) is 10.9. The Morgan fingerprint density at radius 3 is 2.74 bits per heavy atom. The zero-order valence-corrected chi connectivity index (χ0v) is 24.7. The molecule has 0 radical (unpaired) electrons. The largest absolute Gasteiger partial charge is 0.467 e. The predicted octanol–water partition coefficient (Wildman–Crippen LogP) is 6.70. The van der Waals surface area contributed by atoms with E-state index in [9.17, 15) is 4.79 Å². The number of fused-ring (bicyclic) bond motifs is 2. The number of hydrogen-bond donors (Lipinski definition) is 0. The molecule has 3 aromatic heterocycles. The van der Waals surface area contributed by atoms with Crippen LogP contribution in [0.2, 0.25) is 0 Å². The highest BCUT2D eigenvalue weighted by Gasteiger charge is 2.48. The van der Waals surface area contributed by atoms with E-state index in [2.05, 4.69) is 15.2 Å². The standard InChI is InChI=1S/C31H32FN5O4S/c1-19-33-24-16-26(41-18-39-4)22(15-27(24)42-19)23-14-21-10-12-36(29(21)35-34-23)25-11-13-37(31(2,3)28(25)32)30(38)40-17-20-8-6-5-7-9-20/h5-10,12,14-16,25,28H,11,13,17-18H2,1-4H3/t25-,28-/m1/s1. The quantitative estimate of drug-likeness (QED) is 0.195. The number of amides is 1. The molecular formula is C31H32FN5O4S. The molecule has 42 heavy (non-hydrogen) atoms. The molecule has 1 amide bonds. The predicted molar refractivity (Wildman–Crippen MR) is 159 cm³/mol. The van der Waals surface area contributed by atoms with Gasteiger partial charge in [-0.2, -0.15) is 0 Å². The topological polar surface area (TPSA) is 91.6 Å². The van der Waals surface area contributed by atoms with Gasteiger partial charge in [-0.25, -0.2) is 14.2 Å². The van der Waals surface area contributed by atoms with E-state index in [0.29, 0.717) is 30.1 Å². The maximum absolute atomic E-state index is 16.2. The number of nitrogens with zero attached hydrogens (tertiary/aromatic N) is 5. The molecule has 218 valence electrons. The van der Waals surface area contributed by atoms with Crippen molar-refractivity contribution in [3.8, 4) is 17.0 Å². The molecule has 0 N–H and O–H groups in total. The number of aryl methyl sites for hydroxylation is 1. The number of methoxy groups -OCH3 is 1. The monoisotopic (exact) mass is 589 g/mol. The van der Waals surface area contributed by atoms with Gasteiger partial charge in [-0.3, -0.25) is 0 Å². The van der Waals surface area contributed by atoms with E-state index < -0.39 is 23.8 Å². The first-order valence-corrected chi connectivity index (χ1v) is 14.6. The summed E-state index contributed by atoms with van der Waals surface area (Å²) in [5, 5.41) is 10.9. The molecule has 0 aliphatic carbocycles. The second kappa shape index (κ2) is 11.3. The van der Waals surface area contributed by atoms with Gasteiger partial charge in [0, 0.05) is 36.9 Å². The van der Waals surface area contributed by atoms with Crippen molar-refractivity contribution in [2.75, 3.05) is 20.4 Å². The van der Waals surface area contributed by atoms with Crippen LogP contribution in [0.25, 0.3) is 32.5 Å². The van der Waals surface area contributed by atoms with Gasteiger partial charge in [-0.15, -0.1) is 21.5 Å². The number of carbonyl (C=O) groups is 1. The number of carbonyl (C=O) groups excluding carboxylic acids is 1. The van der Waals surface area contributed by atoms with Gasteiger partial charge >= 0.3 is 6.09 Å². The van der Waals surface area contributed by atoms with Crippen LogP contribution in [0, 0.1) is 6.92 Å². The molecule has 1 saturated heterocycles. The minimum atomic E-state index is -1.36. The van der Waals surface area contributed by atoms with Gasteiger partial charge in [0.25, 0.3) is 0 Å². The zero-order chi connectivity index (χ0) is 29.4. The van der Waals surface area contributed by atoms with Crippen LogP contribution >= 0.6 is 11.3 Å². The number of hydrogen-bond acceptors (Lipinski definition) is 8. The van der Waals surface area contributed by atoms with Gasteiger partial charge < -0.3 is 23.7 Å². The third-order valence-electron chi connectivity index (χ3n) is 7.81. The van der Waals surface area contributed by atoms with E-state index in [4.69, 9.17) is 14.2 Å². The summed E-state index contributed by atoms with van der Waals surface area (Å²) in [5.41, 5.74) is 2.63. The Morgan fingerprint density at radius 1 is 1.14 bits per heavy atom. The lowest BCUT2D eigenvalue weighted by molar-refractivity contribution is -0.0279. The van der Waals surface area contributed by atoms with Crippen LogP contribution in [0.1, 0.15) is 36.9 Å². The number of aromatic nitrogens is 4. The van der Waals surface area contributed by atoms with Crippen LogP contribution < -0.4 is 4.74 Å². The summed E-state index contributed by atoms with van der Waals surface area (Å²) in [5.74, 6) is 0.597. The Hall–Kier alpha value is -4.09. The number of likely N-dealkylation sites (tertiary alicyclic amines) is 1. The molecule has 6 rings (SSSR count). The fourth-order valence-corrected chi connectivity index (χ4v) is 6.43. The maximum atomic E-state index is 16.2. The van der Waals surface area contributed by atoms with Crippen molar-refractivity contribution in [1.29, 1.82) is 0 Å². The molecule has 5 aromatic rings. The normalized spacial score (nSPS) is 18.5. The molecule has 1 aliphatic heterocycles. The third kappa shape index (κ3) is 5.18. The smallest absolute Gasteiger partial charge is 0.410 e. The zero-order valence-electron chi connectivity index (χ0n) is 23.9. The minimum Gasteiger partial charge on any atom is -0.467 e. The van der Waals surface area contributed by atoms with E-state index in [-0.39, 0.29) is 13.4 Å². The van der Waals surface area contributed by atoms with Gasteiger partial charge in [0.15, 0.2) is 12.4 Å². The number of benzene rings is 2. The maximum Gasteiger partial charge on any atom is 0.410 e. The van der Waals surface area contributed by atoms with Gasteiger partial charge in [-0.1, -0.05) is 30.3 Å². The Kier molecular flexibility index (Phi) is 7.54. The summed E-state index contributed by atoms with van der Waals surface area (Å²) in [6, 6.07) is 16.7. The van der Waals surface area contributed by atoms with E-state index in [1.54, 1.807) is 32.3 Å². The number of ether oxygens (including phenoxy) is 3. The van der Waals surface area contributed by atoms with Gasteiger partial charge in [-0.05, 0) is 51.0 Å². The second-order valence-corrected chi connectivity index (χ2v) is 12.2. The minimum absolute atomic E-state index is 0.0832. The molecule has 0 unspecified atom stereocenters. The number of piperidine rings is 1. The molecular weight excluding hydrogens is 557 g/mol. The first-order valence-electron chi connectivity index (χ1n) is 13.8. The van der Waals surface area contributed by atoms with Crippen molar-refractivity contribution in [2.45, 2.75) is 51.6 Å². The van der Waals surface area contributed by atoms with Crippen LogP contribution in [0.3, 0.4) is 0 Å². The Morgan fingerprint density at radius 2 is 1.95 bits per heavy atom. The lowest BCUT2D eigenvalue weighted by atomic mass is 9.85. The van der Waals surface area contributed by atoms with E-state index >= 15 is 4.39 Å². The third-order valence-corrected chi connectivity index (χ3v) is 8.74. The first kappa shape index (κ1) is 28.0. The van der Waals surface area contributed by atoms with Gasteiger partial charge in [0.1, 0.15) is 18.5 Å². The molecule has 0 saturated carbocycles. The number of rotatable bonds is 7. The van der Waals surface area contributed by atoms with Gasteiger partial charge in [0.2, 0.25) is 0 Å². The van der Waals surface area contributed by atoms with E-state index in [1.807, 2.05) is 72.3 Å². The number of alkyl halides is 1. The highest BCUT2D eigenvalue weighted by Crippen LogP contribution is 2.40. The van der Waals surface area contributed by atoms with Crippen molar-refractivity contribution in [2.24, 2.45) is 0 Å². The average molecular weight is 590 g/mol. The summed E-state index contributed by atoms with van der Waals surface area (Å²) >= 11 is 1.60. The molecule has 0 bridgehead atoms. The number of thiazole rings is 1. The average Bonchev–Trinajstić information content (AvgIpc) is 3.57. The lowest BCUT2D eigenvalue weighted by Crippen LogP contribution is -2.60. The van der Waals surface area contributed by atoms with Crippen LogP contribution in [0.5, 0.6) is 5.75 Å². The van der Waals surface area contributed by atoms with Crippen molar-refractivity contribution < 1.29 is 23.4 Å². The van der Waals surface area contributed by atoms with Crippen molar-refractivity contribution in [1.82, 2.24) is 24.6 Å². The number of halogens is 1. The summed E-state index contributed by atoms with van der Waals surface area (Å²) in [7, 11) is 1.57. The van der Waals surface area contributed by atoms with Crippen molar-refractivity contribution in [3.63, 3.8) is 0 Å². The molecule has 1 aliphatic rings. The van der Waals surface area contributed by atoms with E-state index in [0.717, 1.165) is 31.7 Å². The highest BCUT2D eigenvalue weighted by atomic mass is 32.1. The molecule has 0 spiro atoms. The SMILES string of the molecule is COCOc1cc2nc(C)sc2cc1-c1cc2ccn([C@@H]3CCN(C(=O)OCc4ccccc4)C(C)(C)[C@@H]3F)c2nn1. The van der Waals surface area contributed by atoms with Crippen LogP contribution in [-0.4, -0.2) is 62.9 Å². The van der Waals surface area contributed by atoms with Crippen LogP contribution in [-0.2, 0) is 16.1 Å². The van der Waals surface area contributed by atoms with Crippen LogP contribution in [0.15, 0.2) is 60.8 Å². The first-order chi connectivity index (χ1) is 20.3. The fraction of sp³-hybridized carbons (Fsp3) is 0.355. The highest BCUT2D eigenvalue weighted by molar-refractivity contribution is 7.18. The molecule has 9 nitrogen and oxygen atoms in total. The molecule has 2 aromatic carbocycles. The van der Waals surface area contributed by atoms with Crippen molar-refractivity contribution in [3.05, 3.63) is 71.4 Å². The van der Waals surface area contributed by atoms with Crippen LogP contribution in [0.4, 0.5) is 9.18 Å². The van der Waals surface area contributed by atoms with Crippen molar-refractivity contribution >= 4 is 38.7 Å².